The average molecular weight is 282 g/mol. The fraction of sp³-hybridized carbons (Fsp3) is 0.308. The average Bonchev–Trinajstić information content (AvgIpc) is 2.87. The van der Waals surface area contributed by atoms with Crippen molar-refractivity contribution < 1.29 is 13.5 Å². The van der Waals surface area contributed by atoms with Crippen molar-refractivity contribution in [3.8, 4) is 5.75 Å². The van der Waals surface area contributed by atoms with Gasteiger partial charge in [-0.1, -0.05) is 12.1 Å². The largest absolute Gasteiger partial charge is 0.435 e. The van der Waals surface area contributed by atoms with Gasteiger partial charge < -0.3 is 4.74 Å². The summed E-state index contributed by atoms with van der Waals surface area (Å²) in [6.45, 7) is -0.204. The van der Waals surface area contributed by atoms with Crippen LogP contribution in [0, 0.1) is 0 Å². The van der Waals surface area contributed by atoms with Crippen LogP contribution in [0.25, 0.3) is 0 Å². The Morgan fingerprint density at radius 3 is 2.85 bits per heavy atom. The van der Waals surface area contributed by atoms with Gasteiger partial charge in [-0.05, 0) is 30.7 Å². The lowest BCUT2D eigenvalue weighted by Crippen LogP contribution is -2.30. The minimum atomic E-state index is -2.85. The molecule has 0 aliphatic carbocycles. The van der Waals surface area contributed by atoms with Crippen molar-refractivity contribution in [2.75, 3.05) is 0 Å². The smallest absolute Gasteiger partial charge is 0.387 e. The third-order valence-corrected chi connectivity index (χ3v) is 2.93. The molecule has 0 bridgehead atoms. The van der Waals surface area contributed by atoms with Crippen LogP contribution in [-0.2, 0) is 6.54 Å². The van der Waals surface area contributed by atoms with E-state index >= 15 is 0 Å². The molecule has 1 heterocycles. The summed E-state index contributed by atoms with van der Waals surface area (Å²) in [7, 11) is 0. The number of nitrogens with two attached hydrogens (primary N) is 1. The molecule has 1 atom stereocenters. The number of aryl methyl sites for hydroxylation is 1. The van der Waals surface area contributed by atoms with Crippen molar-refractivity contribution in [1.82, 2.24) is 15.2 Å². The number of ether oxygens (including phenoxy) is 1. The van der Waals surface area contributed by atoms with Crippen LogP contribution in [0.5, 0.6) is 5.75 Å². The molecule has 0 aliphatic rings. The zero-order valence-electron chi connectivity index (χ0n) is 11.0. The Labute approximate surface area is 115 Å². The fourth-order valence-corrected chi connectivity index (χ4v) is 2.08. The Hall–Kier alpha value is -1.99. The molecule has 7 heteroatoms. The number of benzene rings is 1. The van der Waals surface area contributed by atoms with Crippen LogP contribution in [0.15, 0.2) is 36.5 Å². The number of alkyl halides is 2. The maximum atomic E-state index is 12.3. The summed E-state index contributed by atoms with van der Waals surface area (Å²) in [5.41, 5.74) is 4.25. The molecule has 3 N–H and O–H groups in total. The predicted octanol–water partition coefficient (Wildman–Crippen LogP) is 2.06. The molecule has 0 spiro atoms. The van der Waals surface area contributed by atoms with Crippen LogP contribution in [0.1, 0.15) is 24.2 Å². The van der Waals surface area contributed by atoms with Crippen LogP contribution in [0.3, 0.4) is 0 Å². The number of rotatable bonds is 6. The van der Waals surface area contributed by atoms with E-state index in [2.05, 4.69) is 15.3 Å². The number of hydrazine groups is 1. The van der Waals surface area contributed by atoms with Crippen molar-refractivity contribution in [3.63, 3.8) is 0 Å². The van der Waals surface area contributed by atoms with E-state index in [1.807, 2.05) is 13.0 Å². The molecule has 0 amide bonds. The Kier molecular flexibility index (Phi) is 4.65. The molecule has 0 fully saturated rings. The van der Waals surface area contributed by atoms with Crippen LogP contribution < -0.4 is 16.0 Å². The topological polar surface area (TPSA) is 65.1 Å². The van der Waals surface area contributed by atoms with E-state index in [0.29, 0.717) is 6.54 Å². The Morgan fingerprint density at radius 2 is 2.20 bits per heavy atom. The van der Waals surface area contributed by atoms with Crippen molar-refractivity contribution >= 4 is 0 Å². The van der Waals surface area contributed by atoms with Crippen molar-refractivity contribution in [2.24, 2.45) is 5.84 Å². The van der Waals surface area contributed by atoms with Gasteiger partial charge in [0.1, 0.15) is 5.75 Å². The van der Waals surface area contributed by atoms with Gasteiger partial charge in [-0.2, -0.15) is 13.9 Å². The monoisotopic (exact) mass is 282 g/mol. The third kappa shape index (κ3) is 3.12. The first kappa shape index (κ1) is 14.4. The van der Waals surface area contributed by atoms with Crippen LogP contribution >= 0.6 is 0 Å². The number of nitrogens with one attached hydrogen (secondary N) is 1. The molecule has 0 saturated carbocycles. The number of aromatic nitrogens is 2. The summed E-state index contributed by atoms with van der Waals surface area (Å²) in [6, 6.07) is 7.91. The lowest BCUT2D eigenvalue weighted by molar-refractivity contribution is -0.0498. The molecule has 1 aromatic heterocycles. The van der Waals surface area contributed by atoms with E-state index in [4.69, 9.17) is 5.84 Å². The number of hydrogen-bond donors (Lipinski definition) is 2. The first-order valence-corrected chi connectivity index (χ1v) is 6.18. The predicted molar refractivity (Wildman–Crippen MR) is 70.1 cm³/mol. The Bertz CT molecular complexity index is 559. The summed E-state index contributed by atoms with van der Waals surface area (Å²) < 4.78 is 30.7. The van der Waals surface area contributed by atoms with Gasteiger partial charge in [0.05, 0.1) is 11.7 Å². The molecule has 0 radical (unpaired) electrons. The van der Waals surface area contributed by atoms with E-state index in [1.165, 1.54) is 12.1 Å². The lowest BCUT2D eigenvalue weighted by Gasteiger charge is -2.18. The summed E-state index contributed by atoms with van der Waals surface area (Å²) in [6.07, 6.45) is 1.67. The molecule has 2 aromatic rings. The lowest BCUT2D eigenvalue weighted by atomic mass is 10.0. The molecular formula is C13H16F2N4O. The van der Waals surface area contributed by atoms with Gasteiger partial charge in [0.25, 0.3) is 0 Å². The van der Waals surface area contributed by atoms with Gasteiger partial charge in [-0.25, -0.2) is 5.43 Å². The van der Waals surface area contributed by atoms with E-state index < -0.39 is 6.61 Å². The second-order valence-electron chi connectivity index (χ2n) is 4.12. The van der Waals surface area contributed by atoms with Gasteiger partial charge >= 0.3 is 6.61 Å². The summed E-state index contributed by atoms with van der Waals surface area (Å²) in [5, 5.41) is 4.17. The third-order valence-electron chi connectivity index (χ3n) is 2.93. The molecule has 1 aromatic carbocycles. The maximum Gasteiger partial charge on any atom is 0.387 e. The zero-order valence-corrected chi connectivity index (χ0v) is 11.0. The minimum Gasteiger partial charge on any atom is -0.435 e. The molecule has 20 heavy (non-hydrogen) atoms. The van der Waals surface area contributed by atoms with Crippen molar-refractivity contribution in [1.29, 1.82) is 0 Å². The molecule has 2 rings (SSSR count). The van der Waals surface area contributed by atoms with Gasteiger partial charge in [-0.15, -0.1) is 0 Å². The van der Waals surface area contributed by atoms with Gasteiger partial charge in [0.15, 0.2) is 0 Å². The molecule has 1 unspecified atom stereocenters. The summed E-state index contributed by atoms with van der Waals surface area (Å²) in [5.74, 6) is 5.69. The van der Waals surface area contributed by atoms with Crippen LogP contribution in [0.2, 0.25) is 0 Å². The molecule has 0 aliphatic heterocycles. The van der Waals surface area contributed by atoms with E-state index in [9.17, 15) is 8.78 Å². The van der Waals surface area contributed by atoms with Gasteiger partial charge in [-0.3, -0.25) is 10.5 Å². The van der Waals surface area contributed by atoms with Crippen molar-refractivity contribution in [3.05, 3.63) is 47.8 Å². The molecular weight excluding hydrogens is 266 g/mol. The zero-order chi connectivity index (χ0) is 14.5. The number of nitrogens with zero attached hydrogens (tertiary/aromatic N) is 2. The first-order chi connectivity index (χ1) is 9.65. The highest BCUT2D eigenvalue weighted by molar-refractivity contribution is 5.34. The van der Waals surface area contributed by atoms with E-state index in [-0.39, 0.29) is 11.8 Å². The molecule has 108 valence electrons. The molecule has 5 nitrogen and oxygen atoms in total. The second kappa shape index (κ2) is 6.44. The Morgan fingerprint density at radius 1 is 1.40 bits per heavy atom. The standard InChI is InChI=1S/C13H16F2N4O/c1-2-19-11(6-7-17-19)12(18-16)9-4-3-5-10(8-9)20-13(14)15/h3-8,12-13,18H,2,16H2,1H3. The van der Waals surface area contributed by atoms with Gasteiger partial charge in [0, 0.05) is 12.7 Å². The van der Waals surface area contributed by atoms with E-state index in [0.717, 1.165) is 11.3 Å². The highest BCUT2D eigenvalue weighted by atomic mass is 19.3. The number of hydrogen-bond acceptors (Lipinski definition) is 4. The van der Waals surface area contributed by atoms with E-state index in [1.54, 1.807) is 23.0 Å². The normalized spacial score (nSPS) is 12.7. The quantitative estimate of drug-likeness (QED) is 0.628. The van der Waals surface area contributed by atoms with Crippen molar-refractivity contribution in [2.45, 2.75) is 26.1 Å². The second-order valence-corrected chi connectivity index (χ2v) is 4.12. The summed E-state index contributed by atoms with van der Waals surface area (Å²) in [4.78, 5) is 0. The molecule has 0 saturated heterocycles. The maximum absolute atomic E-state index is 12.3. The fourth-order valence-electron chi connectivity index (χ4n) is 2.08. The first-order valence-electron chi connectivity index (χ1n) is 6.18. The van der Waals surface area contributed by atoms with Gasteiger partial charge in [0.2, 0.25) is 0 Å². The highest BCUT2D eigenvalue weighted by Crippen LogP contribution is 2.25. The van der Waals surface area contributed by atoms with Crippen LogP contribution in [-0.4, -0.2) is 16.4 Å². The number of halogens is 2. The SMILES string of the molecule is CCn1nccc1C(NN)c1cccc(OC(F)F)c1. The van der Waals surface area contributed by atoms with Crippen LogP contribution in [0.4, 0.5) is 8.78 Å². The minimum absolute atomic E-state index is 0.0975. The summed E-state index contributed by atoms with van der Waals surface area (Å²) >= 11 is 0. The highest BCUT2D eigenvalue weighted by Gasteiger charge is 2.17. The Balaban J connectivity index is 2.32.